The van der Waals surface area contributed by atoms with Crippen molar-refractivity contribution in [3.63, 3.8) is 0 Å². The molecule has 0 saturated carbocycles. The number of hydrogen-bond donors (Lipinski definition) is 0. The molecule has 3 aromatic heterocycles. The van der Waals surface area contributed by atoms with Crippen molar-refractivity contribution in [1.29, 1.82) is 0 Å². The van der Waals surface area contributed by atoms with Crippen LogP contribution < -0.4 is 0 Å². The van der Waals surface area contributed by atoms with Crippen molar-refractivity contribution >= 4 is 52.9 Å². The summed E-state index contributed by atoms with van der Waals surface area (Å²) in [5.74, 6) is 2.04. The second-order valence-electron chi connectivity index (χ2n) is 13.5. The predicted molar refractivity (Wildman–Crippen MR) is 222 cm³/mol. The van der Waals surface area contributed by atoms with Gasteiger partial charge >= 0.3 is 0 Å². The number of nitrogens with zero attached hydrogens (tertiary/aromatic N) is 3. The zero-order valence-corrected chi connectivity index (χ0v) is 30.0. The monoisotopic (exact) mass is 711 g/mol. The Kier molecular flexibility index (Phi) is 6.81. The van der Waals surface area contributed by atoms with E-state index in [4.69, 9.17) is 15.0 Å². The molecule has 3 heterocycles. The van der Waals surface area contributed by atoms with Crippen molar-refractivity contribution in [1.82, 2.24) is 15.0 Å². The zero-order valence-electron chi connectivity index (χ0n) is 28.4. The molecule has 0 spiro atoms. The molecule has 0 aliphatic heterocycles. The quantitative estimate of drug-likeness (QED) is 0.178. The van der Waals surface area contributed by atoms with E-state index in [0.717, 1.165) is 21.6 Å². The van der Waals surface area contributed by atoms with Crippen molar-refractivity contribution in [2.75, 3.05) is 0 Å². The lowest BCUT2D eigenvalue weighted by Gasteiger charge is -2.33. The first kappa shape index (κ1) is 30.4. The predicted octanol–water partition coefficient (Wildman–Crippen LogP) is 12.8. The van der Waals surface area contributed by atoms with Gasteiger partial charge in [0.05, 0.1) is 10.3 Å². The van der Waals surface area contributed by atoms with Crippen molar-refractivity contribution in [3.05, 3.63) is 198 Å². The molecule has 11 rings (SSSR count). The van der Waals surface area contributed by atoms with Gasteiger partial charge in [-0.3, -0.25) is 0 Å². The highest BCUT2D eigenvalue weighted by atomic mass is 32.1. The van der Waals surface area contributed by atoms with Gasteiger partial charge in [-0.15, -0.1) is 22.7 Å². The average Bonchev–Trinajstić information content (AvgIpc) is 3.92. The maximum Gasteiger partial charge on any atom is 0.174 e. The summed E-state index contributed by atoms with van der Waals surface area (Å²) in [6.45, 7) is 0. The summed E-state index contributed by atoms with van der Waals surface area (Å²) >= 11 is 3.52. The molecule has 3 nitrogen and oxygen atoms in total. The average molecular weight is 712 g/mol. The maximum absolute atomic E-state index is 5.41. The van der Waals surface area contributed by atoms with Crippen LogP contribution in [0, 0.1) is 0 Å². The molecule has 248 valence electrons. The Hall–Kier alpha value is -6.27. The third-order valence-corrected chi connectivity index (χ3v) is 13.0. The van der Waals surface area contributed by atoms with Gasteiger partial charge in [-0.05, 0) is 63.0 Å². The Labute approximate surface area is 314 Å². The normalized spacial score (nSPS) is 13.1. The van der Waals surface area contributed by atoms with Crippen LogP contribution in [0.25, 0.3) is 74.9 Å². The molecule has 5 heteroatoms. The zero-order chi connectivity index (χ0) is 34.9. The van der Waals surface area contributed by atoms with E-state index in [1.54, 1.807) is 22.7 Å². The summed E-state index contributed by atoms with van der Waals surface area (Å²) in [6, 6.07) is 63.2. The Morgan fingerprint density at radius 1 is 0.396 bits per heavy atom. The Balaban J connectivity index is 1.22. The van der Waals surface area contributed by atoms with Crippen molar-refractivity contribution in [2.24, 2.45) is 0 Å². The molecule has 10 aromatic rings. The fourth-order valence-electron chi connectivity index (χ4n) is 8.42. The van der Waals surface area contributed by atoms with E-state index in [9.17, 15) is 0 Å². The van der Waals surface area contributed by atoms with Gasteiger partial charge < -0.3 is 0 Å². The van der Waals surface area contributed by atoms with Crippen LogP contribution in [0.15, 0.2) is 176 Å². The Morgan fingerprint density at radius 3 is 1.75 bits per heavy atom. The van der Waals surface area contributed by atoms with Gasteiger partial charge in [0.15, 0.2) is 17.5 Å². The van der Waals surface area contributed by atoms with E-state index in [1.165, 1.54) is 58.1 Å². The molecule has 0 unspecified atom stereocenters. The standard InChI is InChI=1S/C48H29N3S2/c1-3-16-31(17-4-1)48(32-18-5-2-6-19-32)38-25-10-8-21-35(38)43-36(23-14-26-39(43)48)45-49-46(51-47(50-45)42-29-30-15-7-11-27-40(30)52-42)37-24-13-22-34-33-20-9-12-28-41(33)53-44(34)37/h1-29H. The van der Waals surface area contributed by atoms with Crippen LogP contribution in [0.2, 0.25) is 0 Å². The first-order valence-corrected chi connectivity index (χ1v) is 19.4. The summed E-state index contributed by atoms with van der Waals surface area (Å²) in [5.41, 5.74) is 8.81. The van der Waals surface area contributed by atoms with Crippen LogP contribution >= 0.6 is 22.7 Å². The van der Waals surface area contributed by atoms with E-state index in [0.29, 0.717) is 17.5 Å². The van der Waals surface area contributed by atoms with E-state index in [2.05, 4.69) is 176 Å². The van der Waals surface area contributed by atoms with Crippen LogP contribution in [0.4, 0.5) is 0 Å². The number of rotatable bonds is 5. The molecule has 0 atom stereocenters. The Morgan fingerprint density at radius 2 is 0.962 bits per heavy atom. The summed E-state index contributed by atoms with van der Waals surface area (Å²) in [7, 11) is 0. The van der Waals surface area contributed by atoms with E-state index in [1.807, 2.05) is 0 Å². The third-order valence-electron chi connectivity index (χ3n) is 10.6. The summed E-state index contributed by atoms with van der Waals surface area (Å²) < 4.78 is 3.65. The SMILES string of the molecule is c1ccc(C2(c3ccccc3)c3ccccc3-c3c(-c4nc(-c5cc6ccccc6s5)nc(-c5cccc6c5sc5ccccc56)n4)cccc32)cc1. The second-order valence-corrected chi connectivity index (χ2v) is 15.6. The minimum atomic E-state index is -0.517. The third kappa shape index (κ3) is 4.54. The molecule has 0 fully saturated rings. The Bertz CT molecular complexity index is 2940. The topological polar surface area (TPSA) is 38.7 Å². The second kappa shape index (κ2) is 11.9. The van der Waals surface area contributed by atoms with Crippen LogP contribution in [0.1, 0.15) is 22.3 Å². The number of fused-ring (bicyclic) bond motifs is 7. The van der Waals surface area contributed by atoms with E-state index in [-0.39, 0.29) is 0 Å². The van der Waals surface area contributed by atoms with Crippen LogP contribution in [-0.4, -0.2) is 15.0 Å². The fourth-order valence-corrected chi connectivity index (χ4v) is 10.6. The molecular formula is C48H29N3S2. The molecule has 1 aliphatic rings. The van der Waals surface area contributed by atoms with Gasteiger partial charge in [0.25, 0.3) is 0 Å². The summed E-state index contributed by atoms with van der Waals surface area (Å²) in [4.78, 5) is 17.1. The van der Waals surface area contributed by atoms with Gasteiger partial charge in [-0.25, -0.2) is 15.0 Å². The maximum atomic E-state index is 5.41. The van der Waals surface area contributed by atoms with Crippen LogP contribution in [0.5, 0.6) is 0 Å². The van der Waals surface area contributed by atoms with Crippen LogP contribution in [-0.2, 0) is 5.41 Å². The molecule has 0 radical (unpaired) electrons. The van der Waals surface area contributed by atoms with E-state index >= 15 is 0 Å². The summed E-state index contributed by atoms with van der Waals surface area (Å²) in [5, 5.41) is 3.66. The lowest BCUT2D eigenvalue weighted by atomic mass is 9.67. The van der Waals surface area contributed by atoms with Gasteiger partial charge in [0.1, 0.15) is 0 Å². The number of aromatic nitrogens is 3. The lowest BCUT2D eigenvalue weighted by molar-refractivity contribution is 0.768. The van der Waals surface area contributed by atoms with Gasteiger partial charge in [0.2, 0.25) is 0 Å². The van der Waals surface area contributed by atoms with Crippen molar-refractivity contribution < 1.29 is 0 Å². The molecular weight excluding hydrogens is 683 g/mol. The molecule has 0 N–H and O–H groups in total. The van der Waals surface area contributed by atoms with Crippen molar-refractivity contribution in [3.8, 4) is 44.6 Å². The van der Waals surface area contributed by atoms with E-state index < -0.39 is 5.41 Å². The molecule has 1 aliphatic carbocycles. The smallest absolute Gasteiger partial charge is 0.174 e. The molecule has 7 aromatic carbocycles. The van der Waals surface area contributed by atoms with Gasteiger partial charge in [0, 0.05) is 36.0 Å². The number of thiophene rings is 2. The number of hydrogen-bond acceptors (Lipinski definition) is 5. The number of benzene rings is 7. The molecule has 0 bridgehead atoms. The minimum absolute atomic E-state index is 0.517. The van der Waals surface area contributed by atoms with Gasteiger partial charge in [-0.2, -0.15) is 0 Å². The fraction of sp³-hybridized carbons (Fsp3) is 0.0208. The highest BCUT2D eigenvalue weighted by Gasteiger charge is 2.47. The molecule has 53 heavy (non-hydrogen) atoms. The highest BCUT2D eigenvalue weighted by Crippen LogP contribution is 2.58. The summed E-state index contributed by atoms with van der Waals surface area (Å²) in [6.07, 6.45) is 0. The first-order chi connectivity index (χ1) is 26.3. The van der Waals surface area contributed by atoms with Crippen molar-refractivity contribution in [2.45, 2.75) is 5.41 Å². The van der Waals surface area contributed by atoms with Crippen LogP contribution in [0.3, 0.4) is 0 Å². The minimum Gasteiger partial charge on any atom is -0.208 e. The largest absolute Gasteiger partial charge is 0.208 e. The highest BCUT2D eigenvalue weighted by molar-refractivity contribution is 7.26. The van der Waals surface area contributed by atoms with Gasteiger partial charge in [-0.1, -0.05) is 152 Å². The molecule has 0 amide bonds. The lowest BCUT2D eigenvalue weighted by Crippen LogP contribution is -2.28. The molecule has 0 saturated heterocycles. The first-order valence-electron chi connectivity index (χ1n) is 17.8.